The molecule has 0 aliphatic heterocycles. The fourth-order valence-corrected chi connectivity index (χ4v) is 1.87. The summed E-state index contributed by atoms with van der Waals surface area (Å²) in [6.45, 7) is 0.729. The van der Waals surface area contributed by atoms with Crippen LogP contribution in [0.15, 0.2) is 18.2 Å². The summed E-state index contributed by atoms with van der Waals surface area (Å²) in [6, 6.07) is 4.49. The summed E-state index contributed by atoms with van der Waals surface area (Å²) in [7, 11) is 0. The van der Waals surface area contributed by atoms with E-state index in [0.29, 0.717) is 24.7 Å². The lowest BCUT2D eigenvalue weighted by Crippen LogP contribution is -2.19. The van der Waals surface area contributed by atoms with E-state index in [4.69, 9.17) is 9.84 Å². The Kier molecular flexibility index (Phi) is 3.78. The zero-order valence-corrected chi connectivity index (χ0v) is 9.29. The summed E-state index contributed by atoms with van der Waals surface area (Å²) in [4.78, 5) is 0. The molecule has 0 unspecified atom stereocenters. The van der Waals surface area contributed by atoms with Gasteiger partial charge < -0.3 is 9.84 Å². The third-order valence-electron chi connectivity index (χ3n) is 3.10. The molecule has 0 aromatic heterocycles. The van der Waals surface area contributed by atoms with Gasteiger partial charge in [0.2, 0.25) is 0 Å². The lowest BCUT2D eigenvalue weighted by molar-refractivity contribution is 0.178. The number of aliphatic hydroxyl groups is 1. The SMILES string of the molecule is OCCc1cc(F)ccc1OCC1CCC1. The molecule has 16 heavy (non-hydrogen) atoms. The molecule has 0 heterocycles. The molecule has 0 amide bonds. The van der Waals surface area contributed by atoms with Gasteiger partial charge in [-0.25, -0.2) is 4.39 Å². The van der Waals surface area contributed by atoms with E-state index in [0.717, 1.165) is 5.56 Å². The van der Waals surface area contributed by atoms with E-state index in [-0.39, 0.29) is 12.4 Å². The van der Waals surface area contributed by atoms with Crippen LogP contribution in [0.4, 0.5) is 4.39 Å². The minimum atomic E-state index is -0.278. The van der Waals surface area contributed by atoms with Gasteiger partial charge in [0.15, 0.2) is 0 Å². The molecule has 2 rings (SSSR count). The van der Waals surface area contributed by atoms with Gasteiger partial charge in [-0.2, -0.15) is 0 Å². The molecule has 88 valence electrons. The molecule has 1 fully saturated rings. The minimum absolute atomic E-state index is 0.0171. The average molecular weight is 224 g/mol. The molecule has 1 aliphatic rings. The topological polar surface area (TPSA) is 29.5 Å². The first kappa shape index (κ1) is 11.4. The monoisotopic (exact) mass is 224 g/mol. The molecular formula is C13H17FO2. The second kappa shape index (κ2) is 5.30. The maximum Gasteiger partial charge on any atom is 0.123 e. The lowest BCUT2D eigenvalue weighted by atomic mass is 9.86. The van der Waals surface area contributed by atoms with E-state index in [1.807, 2.05) is 0 Å². The summed E-state index contributed by atoms with van der Waals surface area (Å²) in [5.74, 6) is 1.09. The highest BCUT2D eigenvalue weighted by Gasteiger charge is 2.18. The molecule has 1 saturated carbocycles. The first-order valence-corrected chi connectivity index (χ1v) is 5.81. The van der Waals surface area contributed by atoms with Crippen LogP contribution >= 0.6 is 0 Å². The predicted molar refractivity (Wildman–Crippen MR) is 60.0 cm³/mol. The Morgan fingerprint density at radius 2 is 2.19 bits per heavy atom. The molecule has 1 N–H and O–H groups in total. The van der Waals surface area contributed by atoms with E-state index in [1.165, 1.54) is 31.4 Å². The van der Waals surface area contributed by atoms with Crippen molar-refractivity contribution < 1.29 is 14.2 Å². The van der Waals surface area contributed by atoms with Gasteiger partial charge >= 0.3 is 0 Å². The molecule has 0 atom stereocenters. The number of ether oxygens (including phenoxy) is 1. The first-order valence-electron chi connectivity index (χ1n) is 5.81. The van der Waals surface area contributed by atoms with Crippen LogP contribution in [0.2, 0.25) is 0 Å². The standard InChI is InChI=1S/C13H17FO2/c14-12-4-5-13(11(8-12)6-7-15)16-9-10-2-1-3-10/h4-5,8,10,15H,1-3,6-7,9H2. The number of benzene rings is 1. The molecule has 0 bridgehead atoms. The molecular weight excluding hydrogens is 207 g/mol. The van der Waals surface area contributed by atoms with Crippen LogP contribution in [-0.2, 0) is 6.42 Å². The Bertz CT molecular complexity index is 348. The second-order valence-corrected chi connectivity index (χ2v) is 4.33. The fraction of sp³-hybridized carbons (Fsp3) is 0.538. The van der Waals surface area contributed by atoms with Crippen LogP contribution < -0.4 is 4.74 Å². The van der Waals surface area contributed by atoms with Gasteiger partial charge in [0, 0.05) is 6.61 Å². The van der Waals surface area contributed by atoms with Gasteiger partial charge in [-0.3, -0.25) is 0 Å². The Labute approximate surface area is 95.1 Å². The number of hydrogen-bond donors (Lipinski definition) is 1. The zero-order valence-electron chi connectivity index (χ0n) is 9.29. The zero-order chi connectivity index (χ0) is 11.4. The summed E-state index contributed by atoms with van der Waals surface area (Å²) in [5, 5.41) is 8.89. The maximum absolute atomic E-state index is 13.0. The van der Waals surface area contributed by atoms with Crippen LogP contribution in [-0.4, -0.2) is 18.3 Å². The molecule has 1 aliphatic carbocycles. The van der Waals surface area contributed by atoms with Crippen LogP contribution in [0.25, 0.3) is 0 Å². The van der Waals surface area contributed by atoms with Gasteiger partial charge in [0.1, 0.15) is 11.6 Å². The number of rotatable bonds is 5. The highest BCUT2D eigenvalue weighted by atomic mass is 19.1. The highest BCUT2D eigenvalue weighted by molar-refractivity contribution is 5.34. The van der Waals surface area contributed by atoms with E-state index in [2.05, 4.69) is 0 Å². The van der Waals surface area contributed by atoms with Gasteiger partial charge in [-0.1, -0.05) is 6.42 Å². The number of halogens is 1. The third kappa shape index (κ3) is 2.73. The van der Waals surface area contributed by atoms with Crippen molar-refractivity contribution in [3.8, 4) is 5.75 Å². The van der Waals surface area contributed by atoms with Crippen LogP contribution in [0.5, 0.6) is 5.75 Å². The molecule has 3 heteroatoms. The minimum Gasteiger partial charge on any atom is -0.493 e. The number of aliphatic hydroxyl groups excluding tert-OH is 1. The number of hydrogen-bond acceptors (Lipinski definition) is 2. The Morgan fingerprint density at radius 1 is 1.38 bits per heavy atom. The van der Waals surface area contributed by atoms with Gasteiger partial charge in [0.05, 0.1) is 6.61 Å². The normalized spacial score (nSPS) is 15.9. The molecule has 0 spiro atoms. The third-order valence-corrected chi connectivity index (χ3v) is 3.10. The summed E-state index contributed by atoms with van der Waals surface area (Å²) in [6.07, 6.45) is 4.20. The average Bonchev–Trinajstić information content (AvgIpc) is 2.19. The molecule has 1 aromatic rings. The van der Waals surface area contributed by atoms with Crippen molar-refractivity contribution in [1.29, 1.82) is 0 Å². The van der Waals surface area contributed by atoms with E-state index < -0.39 is 0 Å². The van der Waals surface area contributed by atoms with Gasteiger partial charge in [-0.15, -0.1) is 0 Å². The van der Waals surface area contributed by atoms with Crippen molar-refractivity contribution in [2.45, 2.75) is 25.7 Å². The lowest BCUT2D eigenvalue weighted by Gasteiger charge is -2.25. The van der Waals surface area contributed by atoms with Crippen molar-refractivity contribution in [3.63, 3.8) is 0 Å². The summed E-state index contributed by atoms with van der Waals surface area (Å²) >= 11 is 0. The molecule has 1 aromatic carbocycles. The van der Waals surface area contributed by atoms with E-state index in [1.54, 1.807) is 6.07 Å². The first-order chi connectivity index (χ1) is 7.79. The Hall–Kier alpha value is -1.09. The van der Waals surface area contributed by atoms with Gasteiger partial charge in [-0.05, 0) is 48.9 Å². The summed E-state index contributed by atoms with van der Waals surface area (Å²) < 4.78 is 18.7. The van der Waals surface area contributed by atoms with Crippen molar-refractivity contribution in [3.05, 3.63) is 29.6 Å². The second-order valence-electron chi connectivity index (χ2n) is 4.33. The molecule has 0 saturated heterocycles. The smallest absolute Gasteiger partial charge is 0.123 e. The highest BCUT2D eigenvalue weighted by Crippen LogP contribution is 2.28. The van der Waals surface area contributed by atoms with E-state index >= 15 is 0 Å². The van der Waals surface area contributed by atoms with E-state index in [9.17, 15) is 4.39 Å². The van der Waals surface area contributed by atoms with Crippen LogP contribution in [0, 0.1) is 11.7 Å². The van der Waals surface area contributed by atoms with Crippen molar-refractivity contribution in [2.24, 2.45) is 5.92 Å². The van der Waals surface area contributed by atoms with Crippen LogP contribution in [0.1, 0.15) is 24.8 Å². The molecule has 2 nitrogen and oxygen atoms in total. The quantitative estimate of drug-likeness (QED) is 0.832. The Balaban J connectivity index is 1.99. The maximum atomic E-state index is 13.0. The largest absolute Gasteiger partial charge is 0.493 e. The fourth-order valence-electron chi connectivity index (χ4n) is 1.87. The van der Waals surface area contributed by atoms with Crippen molar-refractivity contribution >= 4 is 0 Å². The van der Waals surface area contributed by atoms with Crippen LogP contribution in [0.3, 0.4) is 0 Å². The van der Waals surface area contributed by atoms with Gasteiger partial charge in [0.25, 0.3) is 0 Å². The molecule has 0 radical (unpaired) electrons. The van der Waals surface area contributed by atoms with Crippen molar-refractivity contribution in [1.82, 2.24) is 0 Å². The van der Waals surface area contributed by atoms with Crippen molar-refractivity contribution in [2.75, 3.05) is 13.2 Å². The predicted octanol–water partition coefficient (Wildman–Crippen LogP) is 2.54. The summed E-state index contributed by atoms with van der Waals surface area (Å²) in [5.41, 5.74) is 0.752. The Morgan fingerprint density at radius 3 is 2.81 bits per heavy atom.